The zero-order valence-corrected chi connectivity index (χ0v) is 17.9. The Hall–Kier alpha value is -3.37. The number of esters is 1. The molecule has 0 aliphatic carbocycles. The Morgan fingerprint density at radius 3 is 2.03 bits per heavy atom. The van der Waals surface area contributed by atoms with E-state index >= 15 is 0 Å². The number of para-hydroxylation sites is 1. The molecule has 31 heavy (non-hydrogen) atoms. The highest BCUT2D eigenvalue weighted by Crippen LogP contribution is 2.24. The normalized spacial score (nSPS) is 11.2. The Labute approximate surface area is 183 Å². The average Bonchev–Trinajstić information content (AvgIpc) is 3.18. The summed E-state index contributed by atoms with van der Waals surface area (Å²) in [7, 11) is 0. The lowest BCUT2D eigenvalue weighted by molar-refractivity contribution is 0.0519. The number of hydrogen-bond donors (Lipinski definition) is 1. The summed E-state index contributed by atoms with van der Waals surface area (Å²) < 4.78 is 5.31. The van der Waals surface area contributed by atoms with Gasteiger partial charge in [0.15, 0.2) is 0 Å². The van der Waals surface area contributed by atoms with Gasteiger partial charge in [-0.3, -0.25) is 4.90 Å². The molecule has 0 unspecified atom stereocenters. The summed E-state index contributed by atoms with van der Waals surface area (Å²) in [5, 5.41) is 1.09. The number of nitrogens with one attached hydrogen (secondary N) is 1. The van der Waals surface area contributed by atoms with Crippen LogP contribution in [0, 0.1) is 0 Å². The van der Waals surface area contributed by atoms with Gasteiger partial charge in [-0.25, -0.2) is 4.79 Å². The van der Waals surface area contributed by atoms with Crippen LogP contribution in [0.1, 0.15) is 34.1 Å². The number of carbonyl (C=O) groups is 1. The summed E-state index contributed by atoms with van der Waals surface area (Å²) in [4.78, 5) is 18.3. The number of hydrogen-bond acceptors (Lipinski definition) is 3. The molecule has 0 radical (unpaired) electrons. The second kappa shape index (κ2) is 10.1. The van der Waals surface area contributed by atoms with Crippen molar-refractivity contribution >= 4 is 16.9 Å². The van der Waals surface area contributed by atoms with E-state index in [2.05, 4.69) is 64.5 Å². The quantitative estimate of drug-likeness (QED) is 0.365. The third kappa shape index (κ3) is 5.22. The van der Waals surface area contributed by atoms with Crippen molar-refractivity contribution in [2.45, 2.75) is 26.4 Å². The monoisotopic (exact) mass is 412 g/mol. The van der Waals surface area contributed by atoms with Crippen LogP contribution in [0.15, 0.2) is 84.9 Å². The Morgan fingerprint density at radius 2 is 1.42 bits per heavy atom. The number of nitrogens with zero attached hydrogens (tertiary/aromatic N) is 1. The van der Waals surface area contributed by atoms with Gasteiger partial charge in [-0.15, -0.1) is 0 Å². The third-order valence-corrected chi connectivity index (χ3v) is 5.47. The van der Waals surface area contributed by atoms with Crippen LogP contribution in [0.3, 0.4) is 0 Å². The molecular formula is C27H28N2O2. The zero-order valence-electron chi connectivity index (χ0n) is 17.9. The van der Waals surface area contributed by atoms with Crippen LogP contribution in [0.25, 0.3) is 10.9 Å². The minimum absolute atomic E-state index is 0.286. The first-order valence-corrected chi connectivity index (χ1v) is 10.8. The van der Waals surface area contributed by atoms with E-state index in [1.54, 1.807) is 0 Å². The van der Waals surface area contributed by atoms with Crippen LogP contribution in [-0.2, 0) is 24.2 Å². The average molecular weight is 413 g/mol. The maximum Gasteiger partial charge on any atom is 0.355 e. The standard InChI is InChI=1S/C27H28N2O2/c1-2-31-27(30)26-24(23-15-9-10-16-25(23)28-26)17-18-29(19-21-11-5-3-6-12-21)20-22-13-7-4-8-14-22/h3-16,28H,2,17-20H2,1H3. The topological polar surface area (TPSA) is 45.3 Å². The van der Waals surface area contributed by atoms with Crippen molar-refractivity contribution in [3.63, 3.8) is 0 Å². The van der Waals surface area contributed by atoms with Gasteiger partial charge < -0.3 is 9.72 Å². The van der Waals surface area contributed by atoms with Crippen molar-refractivity contribution < 1.29 is 9.53 Å². The molecule has 0 bridgehead atoms. The SMILES string of the molecule is CCOC(=O)c1[nH]c2ccccc2c1CCN(Cc1ccccc1)Cc1ccccc1. The smallest absolute Gasteiger partial charge is 0.355 e. The maximum atomic E-state index is 12.6. The van der Waals surface area contributed by atoms with Crippen LogP contribution < -0.4 is 0 Å². The molecule has 0 saturated heterocycles. The summed E-state index contributed by atoms with van der Waals surface area (Å²) in [5.41, 5.74) is 5.13. The fraction of sp³-hybridized carbons (Fsp3) is 0.222. The summed E-state index contributed by atoms with van der Waals surface area (Å²) in [6.07, 6.45) is 0.762. The van der Waals surface area contributed by atoms with Crippen LogP contribution >= 0.6 is 0 Å². The Morgan fingerprint density at radius 1 is 0.839 bits per heavy atom. The van der Waals surface area contributed by atoms with Gasteiger partial charge in [0.2, 0.25) is 0 Å². The molecule has 1 N–H and O–H groups in total. The van der Waals surface area contributed by atoms with Crippen molar-refractivity contribution in [3.05, 3.63) is 107 Å². The van der Waals surface area contributed by atoms with E-state index in [0.29, 0.717) is 12.3 Å². The second-order valence-corrected chi connectivity index (χ2v) is 7.68. The first-order chi connectivity index (χ1) is 15.2. The number of H-pyrrole nitrogens is 1. The molecule has 3 aromatic carbocycles. The first-order valence-electron chi connectivity index (χ1n) is 10.8. The predicted octanol–water partition coefficient (Wildman–Crippen LogP) is 5.59. The molecule has 0 saturated carbocycles. The molecule has 0 fully saturated rings. The molecule has 0 spiro atoms. The van der Waals surface area contributed by atoms with Crippen molar-refractivity contribution in [2.75, 3.05) is 13.2 Å². The highest BCUT2D eigenvalue weighted by molar-refractivity contribution is 5.98. The highest BCUT2D eigenvalue weighted by Gasteiger charge is 2.19. The molecule has 4 heteroatoms. The van der Waals surface area contributed by atoms with Crippen LogP contribution in [0.2, 0.25) is 0 Å². The van der Waals surface area contributed by atoms with Gasteiger partial charge in [-0.2, -0.15) is 0 Å². The predicted molar refractivity (Wildman–Crippen MR) is 125 cm³/mol. The Balaban J connectivity index is 1.59. The molecule has 4 aromatic rings. The largest absolute Gasteiger partial charge is 0.461 e. The number of carbonyl (C=O) groups excluding carboxylic acids is 1. The van der Waals surface area contributed by atoms with Crippen molar-refractivity contribution in [1.29, 1.82) is 0 Å². The number of rotatable bonds is 9. The lowest BCUT2D eigenvalue weighted by Crippen LogP contribution is -2.25. The second-order valence-electron chi connectivity index (χ2n) is 7.68. The first kappa shape index (κ1) is 20.9. The Kier molecular flexibility index (Phi) is 6.80. The van der Waals surface area contributed by atoms with Gasteiger partial charge in [0, 0.05) is 30.5 Å². The zero-order chi connectivity index (χ0) is 21.5. The summed E-state index contributed by atoms with van der Waals surface area (Å²) in [6, 6.07) is 29.1. The van der Waals surface area contributed by atoms with E-state index in [4.69, 9.17) is 4.74 Å². The van der Waals surface area contributed by atoms with Crippen molar-refractivity contribution in [1.82, 2.24) is 9.88 Å². The molecule has 4 rings (SSSR count). The van der Waals surface area contributed by atoms with Gasteiger partial charge in [-0.1, -0.05) is 78.9 Å². The number of ether oxygens (including phenoxy) is 1. The van der Waals surface area contributed by atoms with E-state index < -0.39 is 0 Å². The van der Waals surface area contributed by atoms with E-state index in [1.807, 2.05) is 37.3 Å². The fourth-order valence-corrected chi connectivity index (χ4v) is 4.00. The molecule has 4 nitrogen and oxygen atoms in total. The van der Waals surface area contributed by atoms with Gasteiger partial charge >= 0.3 is 5.97 Å². The van der Waals surface area contributed by atoms with Crippen molar-refractivity contribution in [3.8, 4) is 0 Å². The van der Waals surface area contributed by atoms with Crippen LogP contribution in [0.5, 0.6) is 0 Å². The molecule has 0 atom stereocenters. The number of benzene rings is 3. The van der Waals surface area contributed by atoms with Gasteiger partial charge in [0.1, 0.15) is 5.69 Å². The minimum Gasteiger partial charge on any atom is -0.461 e. The number of fused-ring (bicyclic) bond motifs is 1. The van der Waals surface area contributed by atoms with Crippen LogP contribution in [0.4, 0.5) is 0 Å². The van der Waals surface area contributed by atoms with E-state index in [0.717, 1.165) is 42.5 Å². The Bertz CT molecular complexity index is 1080. The number of aromatic nitrogens is 1. The molecule has 0 aliphatic rings. The summed E-state index contributed by atoms with van der Waals surface area (Å²) in [6.45, 7) is 4.74. The highest BCUT2D eigenvalue weighted by atomic mass is 16.5. The van der Waals surface area contributed by atoms with Gasteiger partial charge in [-0.05, 0) is 36.1 Å². The third-order valence-electron chi connectivity index (χ3n) is 5.47. The molecule has 1 heterocycles. The van der Waals surface area contributed by atoms with Crippen molar-refractivity contribution in [2.24, 2.45) is 0 Å². The fourth-order valence-electron chi connectivity index (χ4n) is 4.00. The van der Waals surface area contributed by atoms with E-state index in [1.165, 1.54) is 11.1 Å². The lowest BCUT2D eigenvalue weighted by atomic mass is 10.1. The van der Waals surface area contributed by atoms with Crippen LogP contribution in [-0.4, -0.2) is 29.0 Å². The maximum absolute atomic E-state index is 12.6. The van der Waals surface area contributed by atoms with E-state index in [9.17, 15) is 4.79 Å². The summed E-state index contributed by atoms with van der Waals surface area (Å²) >= 11 is 0. The van der Waals surface area contributed by atoms with Gasteiger partial charge in [0.25, 0.3) is 0 Å². The lowest BCUT2D eigenvalue weighted by Gasteiger charge is -2.23. The van der Waals surface area contributed by atoms with E-state index in [-0.39, 0.29) is 5.97 Å². The molecular weight excluding hydrogens is 384 g/mol. The molecule has 0 amide bonds. The molecule has 1 aromatic heterocycles. The molecule has 158 valence electrons. The molecule has 0 aliphatic heterocycles. The minimum atomic E-state index is -0.286. The van der Waals surface area contributed by atoms with Gasteiger partial charge in [0.05, 0.1) is 6.61 Å². The summed E-state index contributed by atoms with van der Waals surface area (Å²) in [5.74, 6) is -0.286. The number of aromatic amines is 1.